The molecule has 2 fully saturated rings. The summed E-state index contributed by atoms with van der Waals surface area (Å²) in [6.07, 6.45) is 10.5. The van der Waals surface area contributed by atoms with Gasteiger partial charge in [-0.3, -0.25) is 4.90 Å². The van der Waals surface area contributed by atoms with Gasteiger partial charge in [0.1, 0.15) is 29.8 Å². The van der Waals surface area contributed by atoms with E-state index < -0.39 is 0 Å². The zero-order chi connectivity index (χ0) is 31.8. The second-order valence-corrected chi connectivity index (χ2v) is 14.0. The highest BCUT2D eigenvalue weighted by Crippen LogP contribution is 2.39. The number of hydrogen-bond acceptors (Lipinski definition) is 6. The van der Waals surface area contributed by atoms with Gasteiger partial charge in [-0.05, 0) is 87.5 Å². The van der Waals surface area contributed by atoms with Crippen LogP contribution >= 0.6 is 0 Å². The zero-order valence-corrected chi connectivity index (χ0v) is 28.2. The molecule has 238 valence electrons. The summed E-state index contributed by atoms with van der Waals surface area (Å²) < 4.78 is 8.79. The Balaban J connectivity index is 0.00000188. The Kier molecular flexibility index (Phi) is 9.52. The molecule has 0 bridgehead atoms. The second kappa shape index (κ2) is 13.0. The molecule has 1 saturated heterocycles. The lowest BCUT2D eigenvalue weighted by molar-refractivity contribution is -0.0391. The summed E-state index contributed by atoms with van der Waals surface area (Å²) in [6.45, 7) is 22.5. The molecule has 8 nitrogen and oxygen atoms in total. The van der Waals surface area contributed by atoms with Crippen molar-refractivity contribution in [2.45, 2.75) is 124 Å². The van der Waals surface area contributed by atoms with Gasteiger partial charge in [0.15, 0.2) is 0 Å². The number of aryl methyl sites for hydroxylation is 1. The standard InChI is InChI=1S/C34H47N7O.C2H6/c1-20(2)26-18-41(33-31(26)32(35)36-19-37-33)30-13-10-25(42-30)17-40(21(3)4)24-14-22(15-24)8-12-29-38-27-11-9-23(34(5,6)7)16-28(27)39-29;1-2/h9,11,16,18-19,21-22,24-25,30H,1,8,10,12-15,17H2,2-7H3,(H,38,39)(H2,35,36,37);1-2H3. The minimum absolute atomic E-state index is 0.0497. The predicted molar refractivity (Wildman–Crippen MR) is 183 cm³/mol. The number of allylic oxidation sites excluding steroid dienone is 1. The fourth-order valence-electron chi connectivity index (χ4n) is 6.89. The van der Waals surface area contributed by atoms with Crippen molar-refractivity contribution in [3.8, 4) is 0 Å². The van der Waals surface area contributed by atoms with Crippen molar-refractivity contribution in [3.05, 3.63) is 54.3 Å². The summed E-state index contributed by atoms with van der Waals surface area (Å²) in [4.78, 5) is 19.9. The molecule has 1 saturated carbocycles. The van der Waals surface area contributed by atoms with Gasteiger partial charge in [-0.2, -0.15) is 0 Å². The monoisotopic (exact) mass is 599 g/mol. The fraction of sp³-hybridized carbons (Fsp3) is 0.583. The van der Waals surface area contributed by atoms with E-state index in [-0.39, 0.29) is 17.7 Å². The van der Waals surface area contributed by atoms with Crippen LogP contribution in [0.25, 0.3) is 27.6 Å². The number of nitrogen functional groups attached to an aromatic ring is 1. The maximum Gasteiger partial charge on any atom is 0.148 e. The fourth-order valence-corrected chi connectivity index (χ4v) is 6.89. The van der Waals surface area contributed by atoms with Gasteiger partial charge in [0.25, 0.3) is 0 Å². The van der Waals surface area contributed by atoms with E-state index in [0.29, 0.717) is 17.9 Å². The molecule has 1 aliphatic carbocycles. The van der Waals surface area contributed by atoms with E-state index in [1.807, 2.05) is 20.8 Å². The molecule has 0 spiro atoms. The van der Waals surface area contributed by atoms with Gasteiger partial charge >= 0.3 is 0 Å². The highest BCUT2D eigenvalue weighted by molar-refractivity contribution is 5.97. The molecule has 6 rings (SSSR count). The SMILES string of the molecule is C=C(C)c1cn(C2CCC(CN(C(C)C)C3CC(CCc4nc5ccc(C(C)(C)C)cc5[nH]4)C3)O2)c2ncnc(N)c12.CC. The Hall–Kier alpha value is -3.23. The molecule has 1 aromatic carbocycles. The highest BCUT2D eigenvalue weighted by Gasteiger charge is 2.38. The molecule has 2 aliphatic rings. The first-order valence-electron chi connectivity index (χ1n) is 16.6. The summed E-state index contributed by atoms with van der Waals surface area (Å²) >= 11 is 0. The lowest BCUT2D eigenvalue weighted by Gasteiger charge is -2.46. The Bertz CT molecular complexity index is 1590. The quantitative estimate of drug-likeness (QED) is 0.202. The number of aromatic amines is 1. The summed E-state index contributed by atoms with van der Waals surface area (Å²) in [6, 6.07) is 7.75. The highest BCUT2D eigenvalue weighted by atomic mass is 16.5. The third-order valence-corrected chi connectivity index (χ3v) is 9.44. The van der Waals surface area contributed by atoms with Gasteiger partial charge in [-0.1, -0.05) is 47.3 Å². The molecule has 2 atom stereocenters. The molecule has 8 heteroatoms. The number of H-pyrrole nitrogens is 1. The van der Waals surface area contributed by atoms with Crippen molar-refractivity contribution in [2.24, 2.45) is 5.92 Å². The third-order valence-electron chi connectivity index (χ3n) is 9.44. The minimum atomic E-state index is -0.0497. The smallest absolute Gasteiger partial charge is 0.148 e. The number of ether oxygens (including phenoxy) is 1. The second-order valence-electron chi connectivity index (χ2n) is 14.0. The Morgan fingerprint density at radius 3 is 2.61 bits per heavy atom. The number of nitrogens with two attached hydrogens (primary N) is 1. The zero-order valence-electron chi connectivity index (χ0n) is 28.2. The number of hydrogen-bond donors (Lipinski definition) is 2. The van der Waals surface area contributed by atoms with Crippen molar-refractivity contribution in [2.75, 3.05) is 12.3 Å². The summed E-state index contributed by atoms with van der Waals surface area (Å²) in [5.74, 6) is 2.36. The average molecular weight is 600 g/mol. The summed E-state index contributed by atoms with van der Waals surface area (Å²) in [7, 11) is 0. The maximum atomic E-state index is 6.66. The number of nitrogens with one attached hydrogen (secondary N) is 1. The number of aromatic nitrogens is 5. The van der Waals surface area contributed by atoms with E-state index in [1.54, 1.807) is 0 Å². The number of anilines is 1. The third kappa shape index (κ3) is 6.57. The van der Waals surface area contributed by atoms with E-state index in [0.717, 1.165) is 70.8 Å². The first-order valence-corrected chi connectivity index (χ1v) is 16.6. The van der Waals surface area contributed by atoms with Crippen LogP contribution in [-0.2, 0) is 16.6 Å². The Morgan fingerprint density at radius 2 is 1.93 bits per heavy atom. The lowest BCUT2D eigenvalue weighted by atomic mass is 9.76. The van der Waals surface area contributed by atoms with Gasteiger partial charge in [0.2, 0.25) is 0 Å². The van der Waals surface area contributed by atoms with Crippen LogP contribution in [-0.4, -0.2) is 54.1 Å². The van der Waals surface area contributed by atoms with Crippen LogP contribution in [0.1, 0.15) is 111 Å². The molecule has 2 unspecified atom stereocenters. The van der Waals surface area contributed by atoms with E-state index in [2.05, 4.69) is 90.0 Å². The van der Waals surface area contributed by atoms with E-state index in [1.165, 1.54) is 31.2 Å². The lowest BCUT2D eigenvalue weighted by Crippen LogP contribution is -2.50. The Morgan fingerprint density at radius 1 is 1.18 bits per heavy atom. The van der Waals surface area contributed by atoms with Gasteiger partial charge in [-0.25, -0.2) is 15.0 Å². The maximum absolute atomic E-state index is 6.66. The van der Waals surface area contributed by atoms with Gasteiger partial charge in [0, 0.05) is 36.8 Å². The Labute approximate surface area is 263 Å². The molecular formula is C36H53N7O. The number of imidazole rings is 1. The number of rotatable bonds is 9. The largest absolute Gasteiger partial charge is 0.383 e. The van der Waals surface area contributed by atoms with Crippen molar-refractivity contribution in [1.29, 1.82) is 0 Å². The van der Waals surface area contributed by atoms with Crippen LogP contribution in [0.3, 0.4) is 0 Å². The number of benzene rings is 1. The summed E-state index contributed by atoms with van der Waals surface area (Å²) in [5, 5.41) is 0.874. The van der Waals surface area contributed by atoms with Crippen LogP contribution in [0.4, 0.5) is 5.82 Å². The van der Waals surface area contributed by atoms with Crippen molar-refractivity contribution >= 4 is 33.5 Å². The van der Waals surface area contributed by atoms with Gasteiger partial charge in [0.05, 0.1) is 22.5 Å². The van der Waals surface area contributed by atoms with E-state index in [9.17, 15) is 0 Å². The molecule has 0 radical (unpaired) electrons. The normalized spacial score (nSPS) is 22.0. The van der Waals surface area contributed by atoms with Gasteiger partial charge < -0.3 is 20.0 Å². The molecular weight excluding hydrogens is 546 g/mol. The molecule has 0 amide bonds. The van der Waals surface area contributed by atoms with Gasteiger partial charge in [-0.15, -0.1) is 0 Å². The molecule has 3 N–H and O–H groups in total. The molecule has 44 heavy (non-hydrogen) atoms. The van der Waals surface area contributed by atoms with Crippen LogP contribution in [0, 0.1) is 5.92 Å². The molecule has 3 aromatic heterocycles. The van der Waals surface area contributed by atoms with E-state index in [4.69, 9.17) is 15.5 Å². The number of fused-ring (bicyclic) bond motifs is 2. The molecule has 4 heterocycles. The molecule has 4 aromatic rings. The first kappa shape index (κ1) is 32.2. The average Bonchev–Trinajstić information content (AvgIpc) is 3.68. The van der Waals surface area contributed by atoms with Crippen molar-refractivity contribution in [3.63, 3.8) is 0 Å². The summed E-state index contributed by atoms with van der Waals surface area (Å²) in [5.41, 5.74) is 12.7. The molecule has 1 aliphatic heterocycles. The minimum Gasteiger partial charge on any atom is -0.383 e. The van der Waals surface area contributed by atoms with Crippen LogP contribution in [0.5, 0.6) is 0 Å². The number of nitrogens with zero attached hydrogens (tertiary/aromatic N) is 5. The van der Waals surface area contributed by atoms with Crippen LogP contribution in [0.15, 0.2) is 37.3 Å². The predicted octanol–water partition coefficient (Wildman–Crippen LogP) is 8.05. The van der Waals surface area contributed by atoms with Crippen molar-refractivity contribution in [1.82, 2.24) is 29.4 Å². The van der Waals surface area contributed by atoms with Crippen LogP contribution in [0.2, 0.25) is 0 Å². The first-order chi connectivity index (χ1) is 21.0. The van der Waals surface area contributed by atoms with E-state index >= 15 is 0 Å². The van der Waals surface area contributed by atoms with Crippen molar-refractivity contribution < 1.29 is 4.74 Å². The topological polar surface area (TPSA) is 97.9 Å². The van der Waals surface area contributed by atoms with Crippen LogP contribution < -0.4 is 5.73 Å².